The molecule has 6 heteroatoms. The lowest BCUT2D eigenvalue weighted by Gasteiger charge is -2.33. The number of hydrogen-bond donors (Lipinski definition) is 1. The Morgan fingerprint density at radius 1 is 1.58 bits per heavy atom. The molecule has 3 heterocycles. The van der Waals surface area contributed by atoms with Crippen molar-refractivity contribution in [1.82, 2.24) is 15.1 Å². The summed E-state index contributed by atoms with van der Waals surface area (Å²) in [4.78, 5) is 10.8. The van der Waals surface area contributed by atoms with Crippen molar-refractivity contribution in [3.8, 4) is 0 Å². The summed E-state index contributed by atoms with van der Waals surface area (Å²) in [5.74, 6) is 1.62. The van der Waals surface area contributed by atoms with Crippen LogP contribution in [0, 0.1) is 5.92 Å². The highest BCUT2D eigenvalue weighted by Gasteiger charge is 2.23. The highest BCUT2D eigenvalue weighted by molar-refractivity contribution is 7.10. The van der Waals surface area contributed by atoms with E-state index in [9.17, 15) is 0 Å². The molecule has 1 saturated heterocycles. The molecule has 2 aliphatic rings. The van der Waals surface area contributed by atoms with E-state index in [1.165, 1.54) is 12.0 Å². The van der Waals surface area contributed by atoms with Crippen LogP contribution in [0.4, 0.5) is 0 Å². The van der Waals surface area contributed by atoms with Crippen molar-refractivity contribution in [3.63, 3.8) is 0 Å². The SMILES string of the molecule is CN=C(NCC(C)N1CCc2sccc2C1)N(C)CC1CCOC1. The van der Waals surface area contributed by atoms with E-state index in [-0.39, 0.29) is 0 Å². The minimum absolute atomic E-state index is 0.498. The molecule has 1 fully saturated rings. The molecule has 5 nitrogen and oxygen atoms in total. The molecule has 0 amide bonds. The molecule has 0 bridgehead atoms. The second-order valence-corrected chi connectivity index (χ2v) is 7.98. The van der Waals surface area contributed by atoms with Crippen LogP contribution in [-0.4, -0.2) is 68.7 Å². The van der Waals surface area contributed by atoms with Gasteiger partial charge in [-0.05, 0) is 36.8 Å². The molecule has 1 aromatic rings. The van der Waals surface area contributed by atoms with Crippen LogP contribution in [0.25, 0.3) is 0 Å². The van der Waals surface area contributed by atoms with Crippen LogP contribution in [0.5, 0.6) is 0 Å². The van der Waals surface area contributed by atoms with Gasteiger partial charge in [0.25, 0.3) is 0 Å². The van der Waals surface area contributed by atoms with Crippen LogP contribution in [0.1, 0.15) is 23.8 Å². The fourth-order valence-electron chi connectivity index (χ4n) is 3.60. The van der Waals surface area contributed by atoms with Gasteiger partial charge in [-0.2, -0.15) is 0 Å². The van der Waals surface area contributed by atoms with Gasteiger partial charge in [0, 0.05) is 63.7 Å². The van der Waals surface area contributed by atoms with E-state index in [1.54, 1.807) is 4.88 Å². The Bertz CT molecular complexity index is 553. The maximum absolute atomic E-state index is 5.48. The van der Waals surface area contributed by atoms with E-state index in [4.69, 9.17) is 4.74 Å². The Labute approximate surface area is 149 Å². The van der Waals surface area contributed by atoms with E-state index >= 15 is 0 Å². The number of nitrogens with zero attached hydrogens (tertiary/aromatic N) is 3. The van der Waals surface area contributed by atoms with Gasteiger partial charge in [0.15, 0.2) is 5.96 Å². The Morgan fingerprint density at radius 2 is 2.46 bits per heavy atom. The van der Waals surface area contributed by atoms with Gasteiger partial charge in [0.1, 0.15) is 0 Å². The topological polar surface area (TPSA) is 40.1 Å². The Hall–Kier alpha value is -1.11. The van der Waals surface area contributed by atoms with Crippen molar-refractivity contribution >= 4 is 17.3 Å². The molecule has 1 aromatic heterocycles. The van der Waals surface area contributed by atoms with Gasteiger partial charge in [-0.25, -0.2) is 0 Å². The largest absolute Gasteiger partial charge is 0.381 e. The second kappa shape index (κ2) is 8.32. The molecule has 2 aliphatic heterocycles. The standard InChI is InChI=1S/C18H30N4OS/c1-14(22-7-4-17-16(12-22)6-9-24-17)10-20-18(19-2)21(3)11-15-5-8-23-13-15/h6,9,14-15H,4-5,7-8,10-13H2,1-3H3,(H,19,20). The average Bonchev–Trinajstić information content (AvgIpc) is 3.25. The normalized spacial score (nSPS) is 23.1. The van der Waals surface area contributed by atoms with Crippen molar-refractivity contribution < 1.29 is 4.74 Å². The third-order valence-electron chi connectivity index (χ3n) is 5.15. The van der Waals surface area contributed by atoms with E-state index in [0.29, 0.717) is 12.0 Å². The fraction of sp³-hybridized carbons (Fsp3) is 0.722. The van der Waals surface area contributed by atoms with Crippen LogP contribution in [-0.2, 0) is 17.7 Å². The number of thiophene rings is 1. The van der Waals surface area contributed by atoms with Gasteiger partial charge < -0.3 is 15.0 Å². The number of nitrogens with one attached hydrogen (secondary N) is 1. The molecule has 0 saturated carbocycles. The highest BCUT2D eigenvalue weighted by Crippen LogP contribution is 2.25. The van der Waals surface area contributed by atoms with Gasteiger partial charge in [-0.3, -0.25) is 9.89 Å². The predicted octanol–water partition coefficient (Wildman–Crippen LogP) is 2.04. The minimum Gasteiger partial charge on any atom is -0.381 e. The third kappa shape index (κ3) is 4.29. The summed E-state index contributed by atoms with van der Waals surface area (Å²) >= 11 is 1.90. The molecule has 2 atom stereocenters. The first-order chi connectivity index (χ1) is 11.7. The molecule has 0 radical (unpaired) electrons. The van der Waals surface area contributed by atoms with Gasteiger partial charge in [0.2, 0.25) is 0 Å². The number of hydrogen-bond acceptors (Lipinski definition) is 4. The summed E-state index contributed by atoms with van der Waals surface area (Å²) in [6, 6.07) is 2.78. The summed E-state index contributed by atoms with van der Waals surface area (Å²) < 4.78 is 5.48. The number of fused-ring (bicyclic) bond motifs is 1. The van der Waals surface area contributed by atoms with Crippen molar-refractivity contribution in [2.75, 3.05) is 46.9 Å². The van der Waals surface area contributed by atoms with Crippen LogP contribution in [0.15, 0.2) is 16.4 Å². The predicted molar refractivity (Wildman–Crippen MR) is 101 cm³/mol. The van der Waals surface area contributed by atoms with Crippen LogP contribution in [0.3, 0.4) is 0 Å². The molecule has 1 N–H and O–H groups in total. The van der Waals surface area contributed by atoms with Crippen LogP contribution < -0.4 is 5.32 Å². The molecule has 134 valence electrons. The summed E-state index contributed by atoms with van der Waals surface area (Å²) in [6.07, 6.45) is 2.35. The monoisotopic (exact) mass is 350 g/mol. The minimum atomic E-state index is 0.498. The zero-order chi connectivity index (χ0) is 16.9. The number of rotatable bonds is 5. The smallest absolute Gasteiger partial charge is 0.193 e. The molecular formula is C18H30N4OS. The molecular weight excluding hydrogens is 320 g/mol. The average molecular weight is 351 g/mol. The number of guanidine groups is 1. The molecule has 3 rings (SSSR count). The third-order valence-corrected chi connectivity index (χ3v) is 6.17. The Kier molecular flexibility index (Phi) is 6.14. The first-order valence-corrected chi connectivity index (χ1v) is 9.84. The lowest BCUT2D eigenvalue weighted by molar-refractivity contribution is 0.180. The van der Waals surface area contributed by atoms with Gasteiger partial charge in [-0.1, -0.05) is 0 Å². The molecule has 24 heavy (non-hydrogen) atoms. The van der Waals surface area contributed by atoms with Crippen molar-refractivity contribution in [1.29, 1.82) is 0 Å². The zero-order valence-corrected chi connectivity index (χ0v) is 15.9. The van der Waals surface area contributed by atoms with Gasteiger partial charge in [0.05, 0.1) is 6.61 Å². The van der Waals surface area contributed by atoms with E-state index in [1.807, 2.05) is 18.4 Å². The van der Waals surface area contributed by atoms with Gasteiger partial charge in [-0.15, -0.1) is 11.3 Å². The summed E-state index contributed by atoms with van der Waals surface area (Å²) in [6.45, 7) is 8.27. The lowest BCUT2D eigenvalue weighted by atomic mass is 10.1. The number of aliphatic imine (C=N–C) groups is 1. The maximum Gasteiger partial charge on any atom is 0.193 e. The van der Waals surface area contributed by atoms with E-state index in [0.717, 1.165) is 51.8 Å². The van der Waals surface area contributed by atoms with Crippen LogP contribution >= 0.6 is 11.3 Å². The van der Waals surface area contributed by atoms with E-state index in [2.05, 4.69) is 45.5 Å². The van der Waals surface area contributed by atoms with Gasteiger partial charge >= 0.3 is 0 Å². The molecule has 0 aromatic carbocycles. The zero-order valence-electron chi connectivity index (χ0n) is 15.1. The maximum atomic E-state index is 5.48. The van der Waals surface area contributed by atoms with E-state index < -0.39 is 0 Å². The summed E-state index contributed by atoms with van der Waals surface area (Å²) in [5, 5.41) is 5.78. The number of ether oxygens (including phenoxy) is 1. The summed E-state index contributed by atoms with van der Waals surface area (Å²) in [5.41, 5.74) is 1.51. The molecule has 2 unspecified atom stereocenters. The Balaban J connectivity index is 1.46. The van der Waals surface area contributed by atoms with Crippen LogP contribution in [0.2, 0.25) is 0 Å². The Morgan fingerprint density at radius 3 is 3.21 bits per heavy atom. The molecule has 0 aliphatic carbocycles. The van der Waals surface area contributed by atoms with Crippen molar-refractivity contribution in [2.45, 2.75) is 32.4 Å². The first kappa shape index (κ1) is 17.7. The molecule has 0 spiro atoms. The fourth-order valence-corrected chi connectivity index (χ4v) is 4.49. The quantitative estimate of drug-likeness (QED) is 0.652. The highest BCUT2D eigenvalue weighted by atomic mass is 32.1. The van der Waals surface area contributed by atoms with Crippen molar-refractivity contribution in [2.24, 2.45) is 10.9 Å². The summed E-state index contributed by atoms with van der Waals surface area (Å²) in [7, 11) is 3.99. The van der Waals surface area contributed by atoms with Crippen molar-refractivity contribution in [3.05, 3.63) is 21.9 Å². The lowest BCUT2D eigenvalue weighted by Crippen LogP contribution is -2.48. The second-order valence-electron chi connectivity index (χ2n) is 6.98. The first-order valence-electron chi connectivity index (χ1n) is 8.96.